The summed E-state index contributed by atoms with van der Waals surface area (Å²) in [4.78, 5) is 38.4. The van der Waals surface area contributed by atoms with Crippen molar-refractivity contribution in [3.8, 4) is 11.5 Å². The van der Waals surface area contributed by atoms with Crippen molar-refractivity contribution in [3.63, 3.8) is 0 Å². The first-order valence-corrected chi connectivity index (χ1v) is 13.1. The molecule has 39 heavy (non-hydrogen) atoms. The molecule has 0 radical (unpaired) electrons. The number of benzene rings is 2. The van der Waals surface area contributed by atoms with Crippen LogP contribution in [-0.2, 0) is 6.54 Å². The number of amides is 1. The van der Waals surface area contributed by atoms with Gasteiger partial charge >= 0.3 is 5.69 Å². The summed E-state index contributed by atoms with van der Waals surface area (Å²) in [5.74, 6) is 1.41. The van der Waals surface area contributed by atoms with Crippen LogP contribution < -0.4 is 31.1 Å². The molecule has 5 rings (SSSR count). The third-order valence-electron chi connectivity index (χ3n) is 6.05. The normalized spacial score (nSPS) is 14.1. The van der Waals surface area contributed by atoms with E-state index in [-0.39, 0.29) is 23.2 Å². The van der Waals surface area contributed by atoms with Gasteiger partial charge in [0.05, 0.1) is 18.8 Å². The summed E-state index contributed by atoms with van der Waals surface area (Å²) in [5.41, 5.74) is 1.38. The van der Waals surface area contributed by atoms with Gasteiger partial charge in [-0.25, -0.2) is 4.79 Å². The highest BCUT2D eigenvalue weighted by molar-refractivity contribution is 5.97. The number of aromatic amines is 1. The molecule has 0 unspecified atom stereocenters. The Hall–Kier alpha value is -4.12. The summed E-state index contributed by atoms with van der Waals surface area (Å²) >= 11 is 0. The molecule has 0 spiro atoms. The second-order valence-corrected chi connectivity index (χ2v) is 10.6. The zero-order valence-corrected chi connectivity index (χ0v) is 23.0. The largest absolute Gasteiger partial charge is 0.494 e. The molecule has 2 aliphatic rings. The van der Waals surface area contributed by atoms with Crippen LogP contribution in [0.1, 0.15) is 42.6 Å². The quantitative estimate of drug-likeness (QED) is 0.388. The van der Waals surface area contributed by atoms with E-state index in [0.29, 0.717) is 43.3 Å². The van der Waals surface area contributed by atoms with E-state index in [2.05, 4.69) is 49.6 Å². The van der Waals surface area contributed by atoms with Gasteiger partial charge in [0.25, 0.3) is 5.91 Å². The highest BCUT2D eigenvalue weighted by Gasteiger charge is 2.22. The zero-order valence-electron chi connectivity index (χ0n) is 23.0. The van der Waals surface area contributed by atoms with Crippen LogP contribution in [0.25, 0.3) is 0 Å². The number of H-pyrrole nitrogens is 1. The van der Waals surface area contributed by atoms with Crippen LogP contribution in [0.4, 0.5) is 17.6 Å². The number of nitrogens with zero attached hydrogens (tertiary/aromatic N) is 3. The van der Waals surface area contributed by atoms with Crippen LogP contribution >= 0.6 is 0 Å². The van der Waals surface area contributed by atoms with E-state index < -0.39 is 5.69 Å². The summed E-state index contributed by atoms with van der Waals surface area (Å²) in [6.07, 6.45) is 1.54. The molecule has 6 bridgehead atoms. The number of ether oxygens (including phenoxy) is 2. The number of fused-ring (bicyclic) bond motifs is 8. The molecule has 208 valence electrons. The van der Waals surface area contributed by atoms with Crippen molar-refractivity contribution >= 4 is 23.5 Å². The molecule has 3 aromatic rings. The smallest absolute Gasteiger partial charge is 0.351 e. The molecule has 11 heteroatoms. The minimum absolute atomic E-state index is 0.103. The van der Waals surface area contributed by atoms with E-state index in [0.717, 1.165) is 30.7 Å². The van der Waals surface area contributed by atoms with Crippen molar-refractivity contribution < 1.29 is 14.3 Å². The molecule has 0 aliphatic carbocycles. The Morgan fingerprint density at radius 3 is 2.54 bits per heavy atom. The lowest BCUT2D eigenvalue weighted by Crippen LogP contribution is -2.40. The first-order valence-electron chi connectivity index (χ1n) is 13.1. The number of carbonyl (C=O) groups excluding carboxylic acids is 1. The van der Waals surface area contributed by atoms with Gasteiger partial charge in [0.1, 0.15) is 11.5 Å². The standard InChI is InChI=1S/C28H37N7O4/c1-28(2,18-35(3)4)17-30-24(36)22-12-9-20-15-23(22)39-14-6-5-13-38-21-10-7-19(8-11-21)16-29-25-32-26(31-20)34-27(37)33-25/h7-12,15H,5-6,13-14,16-18H2,1-4H3,(H,30,36)(H3,29,31,32,33,34,37). The van der Waals surface area contributed by atoms with Gasteiger partial charge in [-0.05, 0) is 62.2 Å². The fourth-order valence-corrected chi connectivity index (χ4v) is 4.35. The monoisotopic (exact) mass is 535 g/mol. The number of aromatic nitrogens is 3. The third-order valence-corrected chi connectivity index (χ3v) is 6.05. The Bertz CT molecular complexity index is 1320. The van der Waals surface area contributed by atoms with Gasteiger partial charge in [-0.15, -0.1) is 0 Å². The van der Waals surface area contributed by atoms with Crippen molar-refractivity contribution in [2.75, 3.05) is 51.0 Å². The fraction of sp³-hybridized carbons (Fsp3) is 0.429. The molecule has 3 heterocycles. The molecule has 0 saturated heterocycles. The lowest BCUT2D eigenvalue weighted by Gasteiger charge is -2.28. The van der Waals surface area contributed by atoms with Crippen LogP contribution in [0.5, 0.6) is 11.5 Å². The van der Waals surface area contributed by atoms with Gasteiger partial charge in [0.2, 0.25) is 11.9 Å². The predicted octanol–water partition coefficient (Wildman–Crippen LogP) is 3.39. The van der Waals surface area contributed by atoms with Crippen LogP contribution in [0, 0.1) is 5.41 Å². The SMILES string of the molecule is CN(C)CC(C)(C)CNC(=O)c1ccc2cc1OCCCCOc1ccc(cc1)CNc1nc([nH]c(=O)n1)N2. The summed E-state index contributed by atoms with van der Waals surface area (Å²) in [5, 5.41) is 9.22. The van der Waals surface area contributed by atoms with Crippen molar-refractivity contribution in [2.45, 2.75) is 33.2 Å². The average Bonchev–Trinajstić information content (AvgIpc) is 2.87. The lowest BCUT2D eigenvalue weighted by atomic mass is 9.93. The minimum Gasteiger partial charge on any atom is -0.494 e. The molecule has 2 aliphatic heterocycles. The highest BCUT2D eigenvalue weighted by Crippen LogP contribution is 2.26. The van der Waals surface area contributed by atoms with E-state index in [1.54, 1.807) is 18.2 Å². The molecule has 0 atom stereocenters. The maximum Gasteiger partial charge on any atom is 0.351 e. The highest BCUT2D eigenvalue weighted by atomic mass is 16.5. The van der Waals surface area contributed by atoms with E-state index in [1.165, 1.54) is 0 Å². The Morgan fingerprint density at radius 1 is 1.05 bits per heavy atom. The summed E-state index contributed by atoms with van der Waals surface area (Å²) < 4.78 is 11.9. The molecular formula is C28H37N7O4. The number of anilines is 3. The number of hydrogen-bond acceptors (Lipinski definition) is 9. The number of nitrogens with one attached hydrogen (secondary N) is 4. The molecule has 1 amide bonds. The first-order chi connectivity index (χ1) is 18.7. The van der Waals surface area contributed by atoms with Gasteiger partial charge in [-0.3, -0.25) is 9.78 Å². The van der Waals surface area contributed by atoms with Gasteiger partial charge < -0.3 is 30.3 Å². The predicted molar refractivity (Wildman–Crippen MR) is 151 cm³/mol. The Morgan fingerprint density at radius 2 is 1.79 bits per heavy atom. The Labute approximate surface area is 228 Å². The average molecular weight is 536 g/mol. The van der Waals surface area contributed by atoms with Crippen LogP contribution in [-0.4, -0.2) is 66.2 Å². The Balaban J connectivity index is 1.56. The second-order valence-electron chi connectivity index (χ2n) is 10.6. The van der Waals surface area contributed by atoms with Gasteiger partial charge in [-0.2, -0.15) is 9.97 Å². The molecular weight excluding hydrogens is 498 g/mol. The van der Waals surface area contributed by atoms with Crippen LogP contribution in [0.3, 0.4) is 0 Å². The Kier molecular flexibility index (Phi) is 9.03. The van der Waals surface area contributed by atoms with Crippen molar-refractivity contribution in [1.82, 2.24) is 25.2 Å². The first kappa shape index (κ1) is 27.9. The van der Waals surface area contributed by atoms with E-state index in [4.69, 9.17) is 9.47 Å². The van der Waals surface area contributed by atoms with Gasteiger partial charge in [0.15, 0.2) is 0 Å². The second kappa shape index (κ2) is 12.6. The van der Waals surface area contributed by atoms with E-state index in [1.807, 2.05) is 38.4 Å². The molecule has 2 aromatic carbocycles. The molecule has 11 nitrogen and oxygen atoms in total. The third kappa shape index (κ3) is 8.44. The summed E-state index contributed by atoms with van der Waals surface area (Å²) in [7, 11) is 4.03. The molecule has 1 aromatic heterocycles. The molecule has 0 fully saturated rings. The zero-order chi connectivity index (χ0) is 27.8. The number of rotatable bonds is 5. The molecule has 0 saturated carbocycles. The van der Waals surface area contributed by atoms with Crippen LogP contribution in [0.2, 0.25) is 0 Å². The summed E-state index contributed by atoms with van der Waals surface area (Å²) in [6, 6.07) is 12.9. The van der Waals surface area contributed by atoms with Crippen molar-refractivity contribution in [2.24, 2.45) is 5.41 Å². The minimum atomic E-state index is -0.544. The number of carbonyl (C=O) groups is 1. The topological polar surface area (TPSA) is 134 Å². The van der Waals surface area contributed by atoms with Gasteiger partial charge in [-0.1, -0.05) is 26.0 Å². The maximum absolute atomic E-state index is 13.2. The van der Waals surface area contributed by atoms with Gasteiger partial charge in [0, 0.05) is 31.4 Å². The van der Waals surface area contributed by atoms with Crippen molar-refractivity contribution in [3.05, 3.63) is 64.1 Å². The lowest BCUT2D eigenvalue weighted by molar-refractivity contribution is 0.0925. The maximum atomic E-state index is 13.2. The number of hydrogen-bond donors (Lipinski definition) is 4. The van der Waals surface area contributed by atoms with E-state index in [9.17, 15) is 9.59 Å². The summed E-state index contributed by atoms with van der Waals surface area (Å²) in [6.45, 7) is 6.98. The molecule has 4 N–H and O–H groups in total. The van der Waals surface area contributed by atoms with Crippen LogP contribution in [0.15, 0.2) is 47.3 Å². The van der Waals surface area contributed by atoms with E-state index >= 15 is 0 Å². The fourth-order valence-electron chi connectivity index (χ4n) is 4.35. The van der Waals surface area contributed by atoms with Crippen molar-refractivity contribution in [1.29, 1.82) is 0 Å².